The maximum atomic E-state index is 10.1. The van der Waals surface area contributed by atoms with Crippen LogP contribution in [-0.4, -0.2) is 20.8 Å². The summed E-state index contributed by atoms with van der Waals surface area (Å²) in [6.45, 7) is 3.02. The van der Waals surface area contributed by atoms with Crippen LogP contribution < -0.4 is 0 Å². The van der Waals surface area contributed by atoms with Gasteiger partial charge < -0.3 is 9.67 Å². The molecule has 0 bridgehead atoms. The number of aliphatic hydroxyl groups is 1. The predicted octanol–water partition coefficient (Wildman–Crippen LogP) is 2.70. The Bertz CT molecular complexity index is 381. The van der Waals surface area contributed by atoms with Gasteiger partial charge in [-0.1, -0.05) is 11.6 Å². The summed E-state index contributed by atoms with van der Waals surface area (Å²) in [6, 6.07) is 0. The zero-order chi connectivity index (χ0) is 12.1. The van der Waals surface area contributed by atoms with E-state index in [0.29, 0.717) is 6.42 Å². The van der Waals surface area contributed by atoms with Crippen molar-refractivity contribution in [1.82, 2.24) is 9.55 Å². The molecule has 0 saturated carbocycles. The highest BCUT2D eigenvalue weighted by atomic mass is 16.3. The quantitative estimate of drug-likeness (QED) is 0.795. The van der Waals surface area contributed by atoms with Crippen molar-refractivity contribution < 1.29 is 5.11 Å². The minimum atomic E-state index is -0.285. The standard InChI is InChI=1S/C14H22N2O/c1-2-16-9-8-15-14(16)11-13(17)10-12-6-4-3-5-7-12/h6,8-9,13,17H,2-5,7,10-11H2,1H3. The Balaban J connectivity index is 1.88. The molecule has 0 radical (unpaired) electrons. The zero-order valence-electron chi connectivity index (χ0n) is 10.6. The molecule has 94 valence electrons. The fourth-order valence-electron chi connectivity index (χ4n) is 2.49. The number of aliphatic hydroxyl groups excluding tert-OH is 1. The van der Waals surface area contributed by atoms with Gasteiger partial charge in [0.05, 0.1) is 6.10 Å². The van der Waals surface area contributed by atoms with Gasteiger partial charge in [0.25, 0.3) is 0 Å². The van der Waals surface area contributed by atoms with Crippen LogP contribution in [0.1, 0.15) is 44.9 Å². The minimum Gasteiger partial charge on any atom is -0.392 e. The van der Waals surface area contributed by atoms with Gasteiger partial charge in [0, 0.05) is 25.4 Å². The van der Waals surface area contributed by atoms with Gasteiger partial charge in [-0.25, -0.2) is 4.98 Å². The summed E-state index contributed by atoms with van der Waals surface area (Å²) < 4.78 is 2.10. The van der Waals surface area contributed by atoms with E-state index >= 15 is 0 Å². The van der Waals surface area contributed by atoms with Crippen molar-refractivity contribution in [3.63, 3.8) is 0 Å². The highest BCUT2D eigenvalue weighted by molar-refractivity contribution is 5.07. The molecule has 0 aliphatic heterocycles. The first kappa shape index (κ1) is 12.4. The molecule has 2 rings (SSSR count). The van der Waals surface area contributed by atoms with E-state index in [2.05, 4.69) is 22.6 Å². The number of imidazole rings is 1. The molecular weight excluding hydrogens is 212 g/mol. The van der Waals surface area contributed by atoms with Crippen LogP contribution in [0.4, 0.5) is 0 Å². The molecular formula is C14H22N2O. The fraction of sp³-hybridized carbons (Fsp3) is 0.643. The molecule has 3 nitrogen and oxygen atoms in total. The molecule has 0 fully saturated rings. The highest BCUT2D eigenvalue weighted by Crippen LogP contribution is 2.22. The lowest BCUT2D eigenvalue weighted by Crippen LogP contribution is -2.15. The molecule has 3 heteroatoms. The molecule has 1 atom stereocenters. The Morgan fingerprint density at radius 2 is 2.29 bits per heavy atom. The summed E-state index contributed by atoms with van der Waals surface area (Å²) in [7, 11) is 0. The van der Waals surface area contributed by atoms with Crippen LogP contribution >= 0.6 is 0 Å². The van der Waals surface area contributed by atoms with Gasteiger partial charge in [0.1, 0.15) is 5.82 Å². The van der Waals surface area contributed by atoms with Crippen molar-refractivity contribution >= 4 is 0 Å². The van der Waals surface area contributed by atoms with Crippen molar-refractivity contribution in [2.24, 2.45) is 0 Å². The second-order valence-electron chi connectivity index (χ2n) is 4.80. The van der Waals surface area contributed by atoms with E-state index < -0.39 is 0 Å². The number of aromatic nitrogens is 2. The molecule has 1 aliphatic rings. The number of nitrogens with zero attached hydrogens (tertiary/aromatic N) is 2. The summed E-state index contributed by atoms with van der Waals surface area (Å²) >= 11 is 0. The van der Waals surface area contributed by atoms with Crippen LogP contribution in [-0.2, 0) is 13.0 Å². The maximum Gasteiger partial charge on any atom is 0.111 e. The molecule has 1 heterocycles. The number of hydrogen-bond donors (Lipinski definition) is 1. The van der Waals surface area contributed by atoms with Gasteiger partial charge in [-0.3, -0.25) is 0 Å². The van der Waals surface area contributed by atoms with Gasteiger partial charge in [0.2, 0.25) is 0 Å². The third-order valence-electron chi connectivity index (χ3n) is 3.44. The summed E-state index contributed by atoms with van der Waals surface area (Å²) in [4.78, 5) is 4.30. The van der Waals surface area contributed by atoms with Crippen molar-refractivity contribution in [2.45, 2.75) is 58.1 Å². The largest absolute Gasteiger partial charge is 0.392 e. The van der Waals surface area contributed by atoms with Crippen LogP contribution in [0.25, 0.3) is 0 Å². The number of rotatable bonds is 5. The van der Waals surface area contributed by atoms with Crippen molar-refractivity contribution in [3.8, 4) is 0 Å². The van der Waals surface area contributed by atoms with Crippen molar-refractivity contribution in [1.29, 1.82) is 0 Å². The normalized spacial score (nSPS) is 17.9. The second-order valence-corrected chi connectivity index (χ2v) is 4.80. The van der Waals surface area contributed by atoms with Gasteiger partial charge >= 0.3 is 0 Å². The van der Waals surface area contributed by atoms with E-state index in [-0.39, 0.29) is 6.10 Å². The molecule has 17 heavy (non-hydrogen) atoms. The summed E-state index contributed by atoms with van der Waals surface area (Å²) in [6.07, 6.45) is 12.2. The Kier molecular flexibility index (Phi) is 4.37. The molecule has 1 aromatic heterocycles. The first-order valence-electron chi connectivity index (χ1n) is 6.65. The van der Waals surface area contributed by atoms with E-state index in [0.717, 1.165) is 18.8 Å². The van der Waals surface area contributed by atoms with E-state index in [4.69, 9.17) is 0 Å². The van der Waals surface area contributed by atoms with E-state index in [1.807, 2.05) is 12.4 Å². The van der Waals surface area contributed by atoms with Crippen LogP contribution in [0, 0.1) is 0 Å². The monoisotopic (exact) mass is 234 g/mol. The number of allylic oxidation sites excluding steroid dienone is 1. The summed E-state index contributed by atoms with van der Waals surface area (Å²) in [5, 5.41) is 10.1. The van der Waals surface area contributed by atoms with Crippen LogP contribution in [0.3, 0.4) is 0 Å². The molecule has 0 spiro atoms. The van der Waals surface area contributed by atoms with Crippen molar-refractivity contribution in [2.75, 3.05) is 0 Å². The molecule has 1 aromatic rings. The van der Waals surface area contributed by atoms with E-state index in [9.17, 15) is 5.11 Å². The molecule has 1 N–H and O–H groups in total. The molecule has 1 aliphatic carbocycles. The summed E-state index contributed by atoms with van der Waals surface area (Å²) in [5.41, 5.74) is 1.43. The molecule has 0 aromatic carbocycles. The third-order valence-corrected chi connectivity index (χ3v) is 3.44. The first-order chi connectivity index (χ1) is 8.29. The van der Waals surface area contributed by atoms with E-state index in [1.165, 1.54) is 31.3 Å². The minimum absolute atomic E-state index is 0.285. The van der Waals surface area contributed by atoms with Crippen molar-refractivity contribution in [3.05, 3.63) is 29.9 Å². The highest BCUT2D eigenvalue weighted by Gasteiger charge is 2.13. The predicted molar refractivity (Wildman–Crippen MR) is 68.8 cm³/mol. The van der Waals surface area contributed by atoms with Crippen LogP contribution in [0.2, 0.25) is 0 Å². The number of hydrogen-bond acceptors (Lipinski definition) is 2. The molecule has 0 amide bonds. The SMILES string of the molecule is CCn1ccnc1CC(O)CC1=CCCCC1. The Labute approximate surface area is 103 Å². The lowest BCUT2D eigenvalue weighted by Gasteiger charge is -2.16. The lowest BCUT2D eigenvalue weighted by atomic mass is 9.94. The Morgan fingerprint density at radius 1 is 1.41 bits per heavy atom. The van der Waals surface area contributed by atoms with E-state index in [1.54, 1.807) is 0 Å². The Hall–Kier alpha value is -1.09. The van der Waals surface area contributed by atoms with Crippen LogP contribution in [0.15, 0.2) is 24.0 Å². The topological polar surface area (TPSA) is 38.0 Å². The van der Waals surface area contributed by atoms with Gasteiger partial charge in [-0.05, 0) is 39.0 Å². The average molecular weight is 234 g/mol. The van der Waals surface area contributed by atoms with Gasteiger partial charge in [-0.2, -0.15) is 0 Å². The summed E-state index contributed by atoms with van der Waals surface area (Å²) in [5.74, 6) is 0.997. The first-order valence-corrected chi connectivity index (χ1v) is 6.65. The number of aryl methyl sites for hydroxylation is 1. The second kappa shape index (κ2) is 6.01. The van der Waals surface area contributed by atoms with Crippen LogP contribution in [0.5, 0.6) is 0 Å². The molecule has 1 unspecified atom stereocenters. The third kappa shape index (κ3) is 3.43. The average Bonchev–Trinajstić information content (AvgIpc) is 2.77. The maximum absolute atomic E-state index is 10.1. The molecule has 0 saturated heterocycles. The van der Waals surface area contributed by atoms with Gasteiger partial charge in [0.15, 0.2) is 0 Å². The zero-order valence-corrected chi connectivity index (χ0v) is 10.6. The Morgan fingerprint density at radius 3 is 3.00 bits per heavy atom. The fourth-order valence-corrected chi connectivity index (χ4v) is 2.49. The smallest absolute Gasteiger partial charge is 0.111 e. The van der Waals surface area contributed by atoms with Gasteiger partial charge in [-0.15, -0.1) is 0 Å². The lowest BCUT2D eigenvalue weighted by molar-refractivity contribution is 0.170.